The van der Waals surface area contributed by atoms with Gasteiger partial charge in [-0.2, -0.15) is 0 Å². The first-order valence-corrected chi connectivity index (χ1v) is 18.1. The molecule has 0 radical (unpaired) electrons. The number of hydrogen-bond donors (Lipinski definition) is 2. The quantitative estimate of drug-likeness (QED) is 0.216. The van der Waals surface area contributed by atoms with E-state index in [4.69, 9.17) is 34.6 Å². The Morgan fingerprint density at radius 1 is 1.04 bits per heavy atom. The van der Waals surface area contributed by atoms with Crippen molar-refractivity contribution in [2.24, 2.45) is 17.6 Å². The molecule has 1 aliphatic heterocycles. The summed E-state index contributed by atoms with van der Waals surface area (Å²) in [6.07, 6.45) is -0.00679. The highest BCUT2D eigenvalue weighted by Crippen LogP contribution is 2.37. The fraction of sp³-hybridized carbons (Fsp3) is 0.583. The summed E-state index contributed by atoms with van der Waals surface area (Å²) in [4.78, 5) is 52.6. The zero-order valence-corrected chi connectivity index (χ0v) is 31.0. The number of imide groups is 1. The summed E-state index contributed by atoms with van der Waals surface area (Å²) in [6.45, 7) is 14.5. The minimum absolute atomic E-state index is 0.0281. The highest BCUT2D eigenvalue weighted by Gasteiger charge is 2.46. The summed E-state index contributed by atoms with van der Waals surface area (Å²) >= 11 is 1.48. The van der Waals surface area contributed by atoms with Crippen LogP contribution in [0.5, 0.6) is 11.5 Å². The van der Waals surface area contributed by atoms with Gasteiger partial charge in [0.05, 0.1) is 24.4 Å². The molecule has 14 heteroatoms. The van der Waals surface area contributed by atoms with Gasteiger partial charge in [0, 0.05) is 48.0 Å². The largest absolute Gasteiger partial charge is 0.491 e. The second kappa shape index (κ2) is 15.4. The van der Waals surface area contributed by atoms with Crippen LogP contribution in [0.2, 0.25) is 0 Å². The maximum atomic E-state index is 14.2. The number of thiazole rings is 1. The van der Waals surface area contributed by atoms with E-state index in [0.717, 1.165) is 22.9 Å². The van der Waals surface area contributed by atoms with Crippen LogP contribution < -0.4 is 20.5 Å². The van der Waals surface area contributed by atoms with Crippen molar-refractivity contribution in [1.82, 2.24) is 19.8 Å². The minimum atomic E-state index is -0.992. The lowest BCUT2D eigenvalue weighted by molar-refractivity contribution is -0.121. The Morgan fingerprint density at radius 3 is 2.40 bits per heavy atom. The molecule has 272 valence electrons. The molecule has 3 aromatic rings. The second-order valence-electron chi connectivity index (χ2n) is 14.6. The first kappa shape index (κ1) is 37.1. The molecule has 3 N–H and O–H groups in total. The molecule has 3 heterocycles. The Hall–Kier alpha value is -4.17. The molecule has 2 fully saturated rings. The number of benzene rings is 1. The number of carbonyl (C=O) groups excluding carboxylic acids is 3. The average Bonchev–Trinajstić information content (AvgIpc) is 3.75. The summed E-state index contributed by atoms with van der Waals surface area (Å²) in [6, 6.07) is 5.90. The molecule has 1 saturated carbocycles. The van der Waals surface area contributed by atoms with E-state index in [9.17, 15) is 14.4 Å². The van der Waals surface area contributed by atoms with Crippen LogP contribution in [-0.2, 0) is 14.3 Å². The Bertz CT molecular complexity index is 1680. The summed E-state index contributed by atoms with van der Waals surface area (Å²) in [5, 5.41) is 6.73. The number of rotatable bonds is 11. The fourth-order valence-corrected chi connectivity index (χ4v) is 7.29. The predicted molar refractivity (Wildman–Crippen MR) is 193 cm³/mol. The number of fused-ring (bicyclic) bond motifs is 1. The van der Waals surface area contributed by atoms with Crippen molar-refractivity contribution in [3.8, 4) is 22.9 Å². The molecule has 0 unspecified atom stereocenters. The summed E-state index contributed by atoms with van der Waals surface area (Å²) < 4.78 is 23.4. The number of methoxy groups -OCH3 is 1. The predicted octanol–water partition coefficient (Wildman–Crippen LogP) is 6.30. The van der Waals surface area contributed by atoms with Gasteiger partial charge in [-0.3, -0.25) is 4.79 Å². The van der Waals surface area contributed by atoms with Gasteiger partial charge in [-0.25, -0.2) is 24.5 Å². The molecule has 5 rings (SSSR count). The van der Waals surface area contributed by atoms with Gasteiger partial charge >= 0.3 is 12.1 Å². The number of primary amides is 1. The first-order valence-electron chi connectivity index (χ1n) is 17.2. The summed E-state index contributed by atoms with van der Waals surface area (Å²) in [7, 11) is 1.61. The fourth-order valence-electron chi connectivity index (χ4n) is 6.43. The summed E-state index contributed by atoms with van der Waals surface area (Å²) in [5.41, 5.74) is 6.80. The lowest BCUT2D eigenvalue weighted by atomic mass is 10.0. The van der Waals surface area contributed by atoms with E-state index < -0.39 is 35.7 Å². The van der Waals surface area contributed by atoms with Crippen molar-refractivity contribution >= 4 is 45.4 Å². The molecule has 1 aliphatic carbocycles. The normalized spacial score (nSPS) is 22.2. The number of carbonyl (C=O) groups is 3. The number of likely N-dealkylation sites (tertiary alicyclic amines) is 1. The molecule has 2 aromatic heterocycles. The van der Waals surface area contributed by atoms with E-state index in [1.165, 1.54) is 16.2 Å². The van der Waals surface area contributed by atoms with Crippen molar-refractivity contribution in [2.45, 2.75) is 97.6 Å². The Balaban J connectivity index is 1.43. The van der Waals surface area contributed by atoms with Gasteiger partial charge in [0.2, 0.25) is 5.91 Å². The van der Waals surface area contributed by atoms with Gasteiger partial charge in [-0.15, -0.1) is 11.3 Å². The third-order valence-corrected chi connectivity index (χ3v) is 9.94. The van der Waals surface area contributed by atoms with Crippen LogP contribution in [-0.4, -0.2) is 94.5 Å². The SMILES string of the molecule is COCCOc1ccc2c(O[C@@H]3C[C@@H](C(N)=O)N(C(=O)N(C(=O)O[C@@H]4C[C@@H](C)[C@@H](C)C4)C(C)(C)C)C3)cc(-c3csc(NC(C)C)n3)nc2c1. The van der Waals surface area contributed by atoms with E-state index >= 15 is 0 Å². The number of nitrogens with one attached hydrogen (secondary N) is 1. The maximum Gasteiger partial charge on any atom is 0.418 e. The molecule has 5 atom stereocenters. The first-order chi connectivity index (χ1) is 23.6. The zero-order valence-electron chi connectivity index (χ0n) is 30.2. The Labute approximate surface area is 297 Å². The third kappa shape index (κ3) is 8.58. The van der Waals surface area contributed by atoms with E-state index in [2.05, 4.69) is 19.2 Å². The monoisotopic (exact) mass is 710 g/mol. The number of urea groups is 1. The number of hydrogen-bond acceptors (Lipinski definition) is 11. The van der Waals surface area contributed by atoms with Gasteiger partial charge in [0.25, 0.3) is 0 Å². The smallest absolute Gasteiger partial charge is 0.418 e. The van der Waals surface area contributed by atoms with Gasteiger partial charge in [0.1, 0.15) is 42.0 Å². The van der Waals surface area contributed by atoms with E-state index in [1.54, 1.807) is 27.9 Å². The number of nitrogens with zero attached hydrogens (tertiary/aromatic N) is 4. The Morgan fingerprint density at radius 2 is 1.76 bits per heavy atom. The molecular formula is C36H50N6O7S. The molecule has 2 aliphatic rings. The van der Waals surface area contributed by atoms with Crippen molar-refractivity contribution in [3.63, 3.8) is 0 Å². The topological polar surface area (TPSA) is 158 Å². The number of aromatic nitrogens is 2. The molecular weight excluding hydrogens is 660 g/mol. The number of nitrogens with two attached hydrogens (primary N) is 1. The van der Waals surface area contributed by atoms with Crippen LogP contribution >= 0.6 is 11.3 Å². The number of pyridine rings is 1. The molecule has 4 amide bonds. The molecule has 0 spiro atoms. The maximum absolute atomic E-state index is 14.2. The van der Waals surface area contributed by atoms with Crippen LogP contribution in [0.3, 0.4) is 0 Å². The lowest BCUT2D eigenvalue weighted by Crippen LogP contribution is -2.58. The van der Waals surface area contributed by atoms with E-state index in [-0.39, 0.29) is 25.1 Å². The van der Waals surface area contributed by atoms with Crippen molar-refractivity contribution in [1.29, 1.82) is 0 Å². The zero-order chi connectivity index (χ0) is 36.3. The molecule has 13 nitrogen and oxygen atoms in total. The van der Waals surface area contributed by atoms with E-state index in [0.29, 0.717) is 58.8 Å². The molecule has 1 aromatic carbocycles. The van der Waals surface area contributed by atoms with Gasteiger partial charge in [-0.05, 0) is 71.4 Å². The Kier molecular flexibility index (Phi) is 11.4. The number of ether oxygens (including phenoxy) is 4. The van der Waals surface area contributed by atoms with Crippen LogP contribution in [0.15, 0.2) is 29.6 Å². The van der Waals surface area contributed by atoms with Crippen LogP contribution in [0.4, 0.5) is 14.7 Å². The van der Waals surface area contributed by atoms with Crippen molar-refractivity contribution in [3.05, 3.63) is 29.6 Å². The lowest BCUT2D eigenvalue weighted by Gasteiger charge is -2.37. The average molecular weight is 711 g/mol. The second-order valence-corrected chi connectivity index (χ2v) is 15.5. The molecule has 50 heavy (non-hydrogen) atoms. The van der Waals surface area contributed by atoms with Crippen LogP contribution in [0.25, 0.3) is 22.3 Å². The van der Waals surface area contributed by atoms with Crippen LogP contribution in [0.1, 0.15) is 67.7 Å². The third-order valence-electron chi connectivity index (χ3n) is 9.16. The molecule has 1 saturated heterocycles. The van der Waals surface area contributed by atoms with Crippen molar-refractivity contribution in [2.75, 3.05) is 32.2 Å². The standard InChI is InChI=1S/C36H50N6O7S/c1-20(2)38-33-40-29(19-50-33)28-17-31(26-10-9-23(15-27(26)39-28)47-12-11-46-8)48-25-16-30(32(37)43)41(18-25)34(44)42(36(5,6)7)35(45)49-24-13-21(3)22(4)14-24/h9-10,15,17,19-22,24-25,30H,11-14,16,18H2,1-8H3,(H2,37,43)(H,38,40)/t21-,22+,24-,25-,30+/m1/s1. The summed E-state index contributed by atoms with van der Waals surface area (Å²) in [5.74, 6) is 1.26. The number of amides is 4. The van der Waals surface area contributed by atoms with Crippen LogP contribution in [0, 0.1) is 11.8 Å². The van der Waals surface area contributed by atoms with Gasteiger partial charge < -0.3 is 34.9 Å². The highest BCUT2D eigenvalue weighted by atomic mass is 32.1. The highest BCUT2D eigenvalue weighted by molar-refractivity contribution is 7.14. The molecule has 0 bridgehead atoms. The van der Waals surface area contributed by atoms with E-state index in [1.807, 2.05) is 43.5 Å². The van der Waals surface area contributed by atoms with Gasteiger partial charge in [0.15, 0.2) is 5.13 Å². The minimum Gasteiger partial charge on any atom is -0.491 e. The van der Waals surface area contributed by atoms with Gasteiger partial charge in [-0.1, -0.05) is 13.8 Å². The number of anilines is 1. The van der Waals surface area contributed by atoms with Crippen molar-refractivity contribution < 1.29 is 33.3 Å².